The second kappa shape index (κ2) is 13.3. The summed E-state index contributed by atoms with van der Waals surface area (Å²) in [7, 11) is -3.86. The van der Waals surface area contributed by atoms with Gasteiger partial charge < -0.3 is 20.7 Å². The third kappa shape index (κ3) is 7.41. The van der Waals surface area contributed by atoms with E-state index >= 15 is 0 Å². The lowest BCUT2D eigenvalue weighted by atomic mass is 9.76. The van der Waals surface area contributed by atoms with Gasteiger partial charge in [0, 0.05) is 18.1 Å². The van der Waals surface area contributed by atoms with E-state index in [-0.39, 0.29) is 30.6 Å². The molecule has 1 spiro atoms. The van der Waals surface area contributed by atoms with Crippen LogP contribution in [0.5, 0.6) is 0 Å². The zero-order chi connectivity index (χ0) is 30.5. The van der Waals surface area contributed by atoms with Gasteiger partial charge in [0.25, 0.3) is 0 Å². The average Bonchev–Trinajstić information content (AvgIpc) is 3.16. The topological polar surface area (TPSA) is 131 Å². The molecule has 0 bridgehead atoms. The summed E-state index contributed by atoms with van der Waals surface area (Å²) in [5.74, 6) is -0.864. The van der Waals surface area contributed by atoms with Gasteiger partial charge in [-0.05, 0) is 62.4 Å². The van der Waals surface area contributed by atoms with Gasteiger partial charge in [0.2, 0.25) is 21.8 Å². The molecule has 1 aliphatic heterocycles. The fraction of sp³-hybridized carbons (Fsp3) is 0.484. The number of hydrogen-bond acceptors (Lipinski definition) is 6. The van der Waals surface area contributed by atoms with Gasteiger partial charge in [0.05, 0.1) is 29.2 Å². The summed E-state index contributed by atoms with van der Waals surface area (Å²) >= 11 is 6.12. The van der Waals surface area contributed by atoms with E-state index in [9.17, 15) is 18.0 Å². The molecule has 1 fully saturated rings. The van der Waals surface area contributed by atoms with Gasteiger partial charge >= 0.3 is 0 Å². The number of rotatable bonds is 11. The van der Waals surface area contributed by atoms with Crippen molar-refractivity contribution < 1.29 is 22.7 Å². The maximum absolute atomic E-state index is 14.1. The summed E-state index contributed by atoms with van der Waals surface area (Å²) in [6.45, 7) is 5.53. The Morgan fingerprint density at radius 1 is 1.10 bits per heavy atom. The largest absolute Gasteiger partial charge is 0.374 e. The minimum atomic E-state index is -3.86. The van der Waals surface area contributed by atoms with Crippen molar-refractivity contribution in [3.63, 3.8) is 0 Å². The third-order valence-corrected chi connectivity index (χ3v) is 9.82. The van der Waals surface area contributed by atoms with Crippen molar-refractivity contribution in [3.05, 3.63) is 76.3 Å². The summed E-state index contributed by atoms with van der Waals surface area (Å²) in [5.41, 5.74) is 6.16. The molecule has 0 radical (unpaired) electrons. The fourth-order valence-electron chi connectivity index (χ4n) is 5.61. The number of carbonyl (C=O) groups excluding carboxylic acids is 2. The number of halogens is 1. The van der Waals surface area contributed by atoms with Crippen LogP contribution in [-0.4, -0.2) is 61.9 Å². The molecule has 2 aliphatic rings. The van der Waals surface area contributed by atoms with Gasteiger partial charge in [0.1, 0.15) is 6.04 Å². The number of sulfonamides is 1. The Morgan fingerprint density at radius 2 is 1.74 bits per heavy atom. The number of hydrogen-bond donors (Lipinski definition) is 3. The Labute approximate surface area is 253 Å². The second-order valence-electron chi connectivity index (χ2n) is 11.7. The number of amides is 2. The standard InChI is InChI=1S/C31H41ClN4O5S/c1-4-36(28(37)26(34-29(38)30(2,3)33)21-41-20-22-11-7-5-8-12-22)19-25-27(23-13-15-24(32)16-14-23)42(39,40)35-31(25)17-9-6-10-18-31/h5,7-8,11-16,26,35H,4,6,9-10,17-21,33H2,1-3H3,(H,34,38)/t26-/m1/s1. The van der Waals surface area contributed by atoms with Crippen LogP contribution < -0.4 is 15.8 Å². The van der Waals surface area contributed by atoms with Crippen molar-refractivity contribution in [1.82, 2.24) is 14.9 Å². The van der Waals surface area contributed by atoms with Crippen LogP contribution in [0.25, 0.3) is 4.91 Å². The Hall–Kier alpha value is -2.76. The molecule has 228 valence electrons. The molecule has 1 saturated carbocycles. The highest BCUT2D eigenvalue weighted by atomic mass is 35.5. The van der Waals surface area contributed by atoms with Crippen LogP contribution in [0.4, 0.5) is 0 Å². The summed E-state index contributed by atoms with van der Waals surface area (Å²) in [6, 6.07) is 15.2. The molecule has 0 unspecified atom stereocenters. The SMILES string of the molecule is CCN(CC1=C(c2ccc(Cl)cc2)S(=O)(=O)NC12CCCCC2)C(=O)[C@@H](COCc1ccccc1)NC(=O)C(C)(C)N. The third-order valence-electron chi connectivity index (χ3n) is 7.89. The maximum atomic E-state index is 14.1. The number of benzene rings is 2. The number of nitrogens with one attached hydrogen (secondary N) is 2. The first kappa shape index (κ1) is 32.2. The predicted molar refractivity (Wildman–Crippen MR) is 165 cm³/mol. The van der Waals surface area contributed by atoms with Gasteiger partial charge in [-0.2, -0.15) is 0 Å². The number of likely N-dealkylation sites (N-methyl/N-ethyl adjacent to an activating group) is 1. The smallest absolute Gasteiger partial charge is 0.247 e. The Kier molecular flexibility index (Phi) is 10.2. The number of nitrogens with two attached hydrogens (primary N) is 1. The quantitative estimate of drug-likeness (QED) is 0.350. The summed E-state index contributed by atoms with van der Waals surface area (Å²) in [6.07, 6.45) is 4.05. The van der Waals surface area contributed by atoms with E-state index in [1.807, 2.05) is 37.3 Å². The van der Waals surface area contributed by atoms with Gasteiger partial charge in [-0.1, -0.05) is 73.3 Å². The van der Waals surface area contributed by atoms with Gasteiger partial charge in [-0.3, -0.25) is 9.59 Å². The molecule has 4 rings (SSSR count). The molecule has 11 heteroatoms. The van der Waals surface area contributed by atoms with Crippen LogP contribution in [0.15, 0.2) is 60.2 Å². The molecule has 2 aromatic rings. The minimum absolute atomic E-state index is 0.0726. The molecule has 1 heterocycles. The molecular formula is C31H41ClN4O5S. The van der Waals surface area contributed by atoms with Crippen molar-refractivity contribution in [2.75, 3.05) is 19.7 Å². The first-order chi connectivity index (χ1) is 19.9. The van der Waals surface area contributed by atoms with Crippen LogP contribution in [0.2, 0.25) is 5.02 Å². The van der Waals surface area contributed by atoms with E-state index in [1.54, 1.807) is 43.0 Å². The van der Waals surface area contributed by atoms with Crippen LogP contribution in [0.1, 0.15) is 64.0 Å². The van der Waals surface area contributed by atoms with Crippen molar-refractivity contribution in [3.8, 4) is 0 Å². The minimum Gasteiger partial charge on any atom is -0.374 e. The Balaban J connectivity index is 1.67. The van der Waals surface area contributed by atoms with E-state index in [0.29, 0.717) is 35.5 Å². The summed E-state index contributed by atoms with van der Waals surface area (Å²) < 4.78 is 36.1. The molecule has 4 N–H and O–H groups in total. The van der Waals surface area contributed by atoms with Crippen molar-refractivity contribution in [2.24, 2.45) is 5.73 Å². The monoisotopic (exact) mass is 616 g/mol. The van der Waals surface area contributed by atoms with Gasteiger partial charge in [0.15, 0.2) is 0 Å². The van der Waals surface area contributed by atoms with Crippen molar-refractivity contribution >= 4 is 38.3 Å². The molecule has 9 nitrogen and oxygen atoms in total. The lowest BCUT2D eigenvalue weighted by Gasteiger charge is -2.38. The number of ether oxygens (including phenoxy) is 1. The summed E-state index contributed by atoms with van der Waals surface area (Å²) in [4.78, 5) is 28.7. The number of carbonyl (C=O) groups is 2. The van der Waals surface area contributed by atoms with Gasteiger partial charge in [-0.25, -0.2) is 13.1 Å². The van der Waals surface area contributed by atoms with E-state index in [1.165, 1.54) is 0 Å². The fourth-order valence-corrected chi connectivity index (χ4v) is 7.71. The predicted octanol–water partition coefficient (Wildman–Crippen LogP) is 3.97. The highest BCUT2D eigenvalue weighted by Crippen LogP contribution is 2.46. The van der Waals surface area contributed by atoms with Crippen LogP contribution in [-0.2, 0) is 31.0 Å². The molecule has 2 amide bonds. The first-order valence-electron chi connectivity index (χ1n) is 14.4. The van der Waals surface area contributed by atoms with Gasteiger partial charge in [-0.15, -0.1) is 0 Å². The molecule has 1 aliphatic carbocycles. The molecule has 42 heavy (non-hydrogen) atoms. The highest BCUT2D eigenvalue weighted by molar-refractivity contribution is 7.99. The van der Waals surface area contributed by atoms with Crippen LogP contribution in [0, 0.1) is 0 Å². The first-order valence-corrected chi connectivity index (χ1v) is 16.3. The van der Waals surface area contributed by atoms with Crippen molar-refractivity contribution in [1.29, 1.82) is 0 Å². The molecule has 0 aromatic heterocycles. The average molecular weight is 617 g/mol. The van der Waals surface area contributed by atoms with E-state index in [0.717, 1.165) is 24.8 Å². The molecule has 1 atom stereocenters. The normalized spacial score (nSPS) is 18.6. The van der Waals surface area contributed by atoms with Crippen LogP contribution in [0.3, 0.4) is 0 Å². The molecule has 2 aromatic carbocycles. The van der Waals surface area contributed by atoms with E-state index in [4.69, 9.17) is 22.1 Å². The lowest BCUT2D eigenvalue weighted by Crippen LogP contribution is -2.58. The van der Waals surface area contributed by atoms with Crippen LogP contribution >= 0.6 is 11.6 Å². The zero-order valence-corrected chi connectivity index (χ0v) is 26.1. The Bertz CT molecular complexity index is 1400. The van der Waals surface area contributed by atoms with E-state index < -0.39 is 33.1 Å². The molecular weight excluding hydrogens is 576 g/mol. The maximum Gasteiger partial charge on any atom is 0.247 e. The molecule has 0 saturated heterocycles. The summed E-state index contributed by atoms with van der Waals surface area (Å²) in [5, 5.41) is 3.27. The number of nitrogens with zero attached hydrogens (tertiary/aromatic N) is 1. The Morgan fingerprint density at radius 3 is 2.33 bits per heavy atom. The van der Waals surface area contributed by atoms with E-state index in [2.05, 4.69) is 10.0 Å². The second-order valence-corrected chi connectivity index (χ2v) is 13.7. The highest BCUT2D eigenvalue weighted by Gasteiger charge is 2.50. The lowest BCUT2D eigenvalue weighted by molar-refractivity contribution is -0.139. The van der Waals surface area contributed by atoms with Crippen molar-refractivity contribution in [2.45, 2.75) is 76.6 Å². The zero-order valence-electron chi connectivity index (χ0n) is 24.5.